The lowest BCUT2D eigenvalue weighted by molar-refractivity contribution is -0.118. The van der Waals surface area contributed by atoms with Gasteiger partial charge in [0.05, 0.1) is 5.69 Å². The second-order valence-electron chi connectivity index (χ2n) is 6.53. The van der Waals surface area contributed by atoms with Crippen LogP contribution in [0.1, 0.15) is 35.3 Å². The number of benzene rings is 2. The predicted octanol–water partition coefficient (Wildman–Crippen LogP) is 4.46. The van der Waals surface area contributed by atoms with Gasteiger partial charge in [-0.15, -0.1) is 0 Å². The maximum Gasteiger partial charge on any atom is 0.251 e. The molecule has 0 saturated carbocycles. The molecule has 0 spiro atoms. The molecule has 2 rings (SSSR count). The maximum atomic E-state index is 12.7. The Labute approximate surface area is 157 Å². The van der Waals surface area contributed by atoms with Crippen LogP contribution >= 0.6 is 15.9 Å². The lowest BCUT2D eigenvalue weighted by atomic mass is 10.0. The van der Waals surface area contributed by atoms with Crippen LogP contribution in [0.5, 0.6) is 0 Å². The van der Waals surface area contributed by atoms with E-state index in [4.69, 9.17) is 0 Å². The number of halogens is 1. The fourth-order valence-corrected chi connectivity index (χ4v) is 2.99. The van der Waals surface area contributed by atoms with E-state index in [0.717, 1.165) is 15.6 Å². The van der Waals surface area contributed by atoms with Gasteiger partial charge in [-0.25, -0.2) is 0 Å². The molecule has 0 aliphatic rings. The normalized spacial score (nSPS) is 11.9. The molecular formula is C20H23BrN2O2. The molecule has 2 N–H and O–H groups in total. The molecular weight excluding hydrogens is 380 g/mol. The molecule has 0 unspecified atom stereocenters. The van der Waals surface area contributed by atoms with Crippen LogP contribution in [0.25, 0.3) is 0 Å². The zero-order valence-corrected chi connectivity index (χ0v) is 16.5. The molecule has 5 heteroatoms. The van der Waals surface area contributed by atoms with Gasteiger partial charge < -0.3 is 10.6 Å². The number of aryl methyl sites for hydroxylation is 2. The monoisotopic (exact) mass is 402 g/mol. The van der Waals surface area contributed by atoms with E-state index in [1.54, 1.807) is 12.1 Å². The van der Waals surface area contributed by atoms with E-state index in [1.165, 1.54) is 0 Å². The highest BCUT2D eigenvalue weighted by atomic mass is 79.9. The topological polar surface area (TPSA) is 58.2 Å². The third kappa shape index (κ3) is 5.16. The Morgan fingerprint density at radius 2 is 1.56 bits per heavy atom. The lowest BCUT2D eigenvalue weighted by Crippen LogP contribution is -2.47. The summed E-state index contributed by atoms with van der Waals surface area (Å²) in [6.45, 7) is 7.76. The van der Waals surface area contributed by atoms with Crippen molar-refractivity contribution in [2.24, 2.45) is 5.92 Å². The molecule has 2 aromatic rings. The lowest BCUT2D eigenvalue weighted by Gasteiger charge is -2.22. The van der Waals surface area contributed by atoms with Crippen molar-refractivity contribution in [2.45, 2.75) is 33.7 Å². The zero-order valence-electron chi connectivity index (χ0n) is 14.9. The number of hydrogen-bond acceptors (Lipinski definition) is 2. The molecule has 0 fully saturated rings. The summed E-state index contributed by atoms with van der Waals surface area (Å²) >= 11 is 3.45. The number of carbonyl (C=O) groups excluding carboxylic acids is 2. The third-order valence-corrected chi connectivity index (χ3v) is 4.59. The highest BCUT2D eigenvalue weighted by molar-refractivity contribution is 9.10. The molecule has 0 bridgehead atoms. The summed E-state index contributed by atoms with van der Waals surface area (Å²) in [6.07, 6.45) is 0. The van der Waals surface area contributed by atoms with E-state index < -0.39 is 6.04 Å². The first-order valence-electron chi connectivity index (χ1n) is 8.22. The summed E-state index contributed by atoms with van der Waals surface area (Å²) in [5.74, 6) is -0.532. The predicted molar refractivity (Wildman–Crippen MR) is 105 cm³/mol. The average Bonchev–Trinajstić information content (AvgIpc) is 2.55. The number of nitrogens with one attached hydrogen (secondary N) is 2. The van der Waals surface area contributed by atoms with Crippen LogP contribution in [0, 0.1) is 19.8 Å². The van der Waals surface area contributed by atoms with Crippen molar-refractivity contribution in [3.05, 3.63) is 63.6 Å². The van der Waals surface area contributed by atoms with Gasteiger partial charge in [-0.1, -0.05) is 37.6 Å². The van der Waals surface area contributed by atoms with Crippen LogP contribution < -0.4 is 10.6 Å². The average molecular weight is 403 g/mol. The van der Waals surface area contributed by atoms with Crippen molar-refractivity contribution in [2.75, 3.05) is 5.32 Å². The van der Waals surface area contributed by atoms with Gasteiger partial charge in [0, 0.05) is 10.0 Å². The molecule has 0 aromatic heterocycles. The van der Waals surface area contributed by atoms with E-state index in [2.05, 4.69) is 26.6 Å². The maximum absolute atomic E-state index is 12.7. The fourth-order valence-electron chi connectivity index (χ4n) is 2.40. The molecule has 0 aliphatic heterocycles. The smallest absolute Gasteiger partial charge is 0.251 e. The molecule has 0 aliphatic carbocycles. The minimum Gasteiger partial charge on any atom is -0.340 e. The van der Waals surface area contributed by atoms with Crippen molar-refractivity contribution in [1.29, 1.82) is 0 Å². The molecule has 0 saturated heterocycles. The Morgan fingerprint density at radius 3 is 2.12 bits per heavy atom. The fraction of sp³-hybridized carbons (Fsp3) is 0.300. The molecule has 2 amide bonds. The van der Waals surface area contributed by atoms with Crippen molar-refractivity contribution in [1.82, 2.24) is 5.32 Å². The number of anilines is 1. The Morgan fingerprint density at radius 1 is 0.960 bits per heavy atom. The summed E-state index contributed by atoms with van der Waals surface area (Å²) in [5.41, 5.74) is 3.41. The molecule has 4 nitrogen and oxygen atoms in total. The first kappa shape index (κ1) is 19.2. The summed E-state index contributed by atoms with van der Waals surface area (Å²) in [4.78, 5) is 25.1. The van der Waals surface area contributed by atoms with E-state index in [1.807, 2.05) is 58.0 Å². The molecule has 132 valence electrons. The summed E-state index contributed by atoms with van der Waals surface area (Å²) < 4.78 is 0.813. The summed E-state index contributed by atoms with van der Waals surface area (Å²) in [5, 5.41) is 5.72. The van der Waals surface area contributed by atoms with Gasteiger partial charge in [0.25, 0.3) is 5.91 Å². The van der Waals surface area contributed by atoms with E-state index in [9.17, 15) is 9.59 Å². The van der Waals surface area contributed by atoms with Crippen molar-refractivity contribution >= 4 is 33.4 Å². The van der Waals surface area contributed by atoms with Crippen LogP contribution in [0.15, 0.2) is 46.9 Å². The summed E-state index contributed by atoms with van der Waals surface area (Å²) in [6, 6.07) is 12.4. The second kappa shape index (κ2) is 8.30. The van der Waals surface area contributed by atoms with Crippen LogP contribution in [-0.2, 0) is 4.79 Å². The minimum atomic E-state index is -0.623. The molecule has 0 radical (unpaired) electrons. The van der Waals surface area contributed by atoms with E-state index >= 15 is 0 Å². The van der Waals surface area contributed by atoms with Crippen LogP contribution in [-0.4, -0.2) is 17.9 Å². The quantitative estimate of drug-likeness (QED) is 0.775. The number of rotatable bonds is 5. The van der Waals surface area contributed by atoms with Gasteiger partial charge in [0.2, 0.25) is 5.91 Å². The van der Waals surface area contributed by atoms with Crippen molar-refractivity contribution in [3.8, 4) is 0 Å². The van der Waals surface area contributed by atoms with Gasteiger partial charge in [0.1, 0.15) is 6.04 Å². The highest BCUT2D eigenvalue weighted by Crippen LogP contribution is 2.24. The highest BCUT2D eigenvalue weighted by Gasteiger charge is 2.25. The molecule has 2 aromatic carbocycles. The van der Waals surface area contributed by atoms with Crippen LogP contribution in [0.2, 0.25) is 0 Å². The Kier molecular flexibility index (Phi) is 6.37. The van der Waals surface area contributed by atoms with E-state index in [-0.39, 0.29) is 17.7 Å². The SMILES string of the molecule is Cc1ccc(C(=O)N[C@@H](C(=O)Nc2ccc(C)cc2Br)C(C)C)cc1. The number of amides is 2. The van der Waals surface area contributed by atoms with Gasteiger partial charge in [-0.3, -0.25) is 9.59 Å². The minimum absolute atomic E-state index is 0.0429. The molecule has 25 heavy (non-hydrogen) atoms. The van der Waals surface area contributed by atoms with Crippen LogP contribution in [0.4, 0.5) is 5.69 Å². The Bertz CT molecular complexity index is 770. The first-order valence-corrected chi connectivity index (χ1v) is 9.02. The third-order valence-electron chi connectivity index (χ3n) is 3.93. The zero-order chi connectivity index (χ0) is 18.6. The van der Waals surface area contributed by atoms with Gasteiger partial charge in [-0.05, 0) is 65.5 Å². The van der Waals surface area contributed by atoms with Gasteiger partial charge in [-0.2, -0.15) is 0 Å². The molecule has 1 atom stereocenters. The molecule has 0 heterocycles. The Balaban J connectivity index is 2.12. The van der Waals surface area contributed by atoms with Crippen molar-refractivity contribution in [3.63, 3.8) is 0 Å². The standard InChI is InChI=1S/C20H23BrN2O2/c1-12(2)18(23-19(24)15-8-5-13(3)6-9-15)20(25)22-17-10-7-14(4)11-16(17)21/h5-12,18H,1-4H3,(H,22,25)(H,23,24)/t18-/m1/s1. The van der Waals surface area contributed by atoms with Crippen LogP contribution in [0.3, 0.4) is 0 Å². The van der Waals surface area contributed by atoms with Gasteiger partial charge in [0.15, 0.2) is 0 Å². The number of carbonyl (C=O) groups is 2. The number of hydrogen-bond donors (Lipinski definition) is 2. The second-order valence-corrected chi connectivity index (χ2v) is 7.39. The summed E-state index contributed by atoms with van der Waals surface area (Å²) in [7, 11) is 0. The van der Waals surface area contributed by atoms with E-state index in [0.29, 0.717) is 11.3 Å². The van der Waals surface area contributed by atoms with Gasteiger partial charge >= 0.3 is 0 Å². The largest absolute Gasteiger partial charge is 0.340 e. The first-order chi connectivity index (χ1) is 11.8. The Hall–Kier alpha value is -2.14. The van der Waals surface area contributed by atoms with Crippen molar-refractivity contribution < 1.29 is 9.59 Å².